The van der Waals surface area contributed by atoms with Crippen molar-refractivity contribution in [3.8, 4) is 0 Å². The van der Waals surface area contributed by atoms with Crippen LogP contribution in [0.3, 0.4) is 0 Å². The van der Waals surface area contributed by atoms with Crippen molar-refractivity contribution in [3.05, 3.63) is 64.2 Å². The van der Waals surface area contributed by atoms with E-state index >= 15 is 0 Å². The van der Waals surface area contributed by atoms with E-state index in [4.69, 9.17) is 23.2 Å². The Labute approximate surface area is 149 Å². The quantitative estimate of drug-likeness (QED) is 0.755. The number of hydrogen-bond donors (Lipinski definition) is 1. The van der Waals surface area contributed by atoms with Crippen LogP contribution in [0.1, 0.15) is 11.3 Å². The van der Waals surface area contributed by atoms with Crippen molar-refractivity contribution < 1.29 is 4.79 Å². The van der Waals surface area contributed by atoms with Gasteiger partial charge in [0.05, 0.1) is 18.4 Å². The molecule has 0 fully saturated rings. The Morgan fingerprint density at radius 1 is 1.21 bits per heavy atom. The lowest BCUT2D eigenvalue weighted by Gasteiger charge is -2.07. The van der Waals surface area contributed by atoms with E-state index in [1.54, 1.807) is 46.2 Å². The highest BCUT2D eigenvalue weighted by Gasteiger charge is 2.10. The second-order valence-electron chi connectivity index (χ2n) is 5.31. The third-order valence-corrected chi connectivity index (χ3v) is 4.23. The van der Waals surface area contributed by atoms with Gasteiger partial charge in [-0.3, -0.25) is 14.2 Å². The van der Waals surface area contributed by atoms with Gasteiger partial charge in [0.25, 0.3) is 0 Å². The number of benzene rings is 1. The number of nitrogens with zero attached hydrogens (tertiary/aromatic N) is 4. The summed E-state index contributed by atoms with van der Waals surface area (Å²) in [5.41, 5.74) is 2.32. The Kier molecular flexibility index (Phi) is 4.87. The number of aromatic nitrogens is 4. The SMILES string of the molecule is Cc1ccnn1CC(=O)Nc1cnn(Cc2c(Cl)cccc2Cl)c1. The van der Waals surface area contributed by atoms with E-state index in [-0.39, 0.29) is 12.5 Å². The van der Waals surface area contributed by atoms with Crippen molar-refractivity contribution in [1.82, 2.24) is 19.6 Å². The molecule has 3 rings (SSSR count). The molecular weight excluding hydrogens is 349 g/mol. The van der Waals surface area contributed by atoms with Crippen LogP contribution in [0.4, 0.5) is 5.69 Å². The maximum atomic E-state index is 12.1. The van der Waals surface area contributed by atoms with Gasteiger partial charge in [0.2, 0.25) is 5.91 Å². The van der Waals surface area contributed by atoms with Gasteiger partial charge in [0.15, 0.2) is 0 Å². The van der Waals surface area contributed by atoms with Gasteiger partial charge in [-0.25, -0.2) is 0 Å². The number of halogens is 2. The van der Waals surface area contributed by atoms with E-state index in [1.807, 2.05) is 13.0 Å². The van der Waals surface area contributed by atoms with Gasteiger partial charge in [-0.1, -0.05) is 29.3 Å². The van der Waals surface area contributed by atoms with Crippen LogP contribution < -0.4 is 5.32 Å². The summed E-state index contributed by atoms with van der Waals surface area (Å²) in [6.45, 7) is 2.47. The van der Waals surface area contributed by atoms with Gasteiger partial charge in [0.1, 0.15) is 6.54 Å². The van der Waals surface area contributed by atoms with Crippen molar-refractivity contribution >= 4 is 34.8 Å². The first-order valence-electron chi connectivity index (χ1n) is 7.26. The zero-order valence-electron chi connectivity index (χ0n) is 12.9. The van der Waals surface area contributed by atoms with Crippen molar-refractivity contribution in [1.29, 1.82) is 0 Å². The maximum absolute atomic E-state index is 12.1. The first kappa shape index (κ1) is 16.5. The average molecular weight is 364 g/mol. The molecule has 2 aromatic heterocycles. The summed E-state index contributed by atoms with van der Waals surface area (Å²) >= 11 is 12.3. The molecular formula is C16H15Cl2N5O. The molecule has 0 aliphatic heterocycles. The van der Waals surface area contributed by atoms with Crippen LogP contribution in [-0.4, -0.2) is 25.5 Å². The lowest BCUT2D eigenvalue weighted by molar-refractivity contribution is -0.116. The number of carbonyl (C=O) groups is 1. The molecule has 8 heteroatoms. The molecule has 0 unspecified atom stereocenters. The Morgan fingerprint density at radius 3 is 2.62 bits per heavy atom. The van der Waals surface area contributed by atoms with Crippen LogP contribution in [0.5, 0.6) is 0 Å². The molecule has 0 saturated heterocycles. The normalized spacial score (nSPS) is 10.8. The van der Waals surface area contributed by atoms with Crippen LogP contribution in [0, 0.1) is 6.92 Å². The molecule has 0 atom stereocenters. The molecule has 0 aliphatic carbocycles. The van der Waals surface area contributed by atoms with Crippen LogP contribution >= 0.6 is 23.2 Å². The highest BCUT2D eigenvalue weighted by Crippen LogP contribution is 2.25. The summed E-state index contributed by atoms with van der Waals surface area (Å²) in [5.74, 6) is -0.169. The predicted octanol–water partition coefficient (Wildman–Crippen LogP) is 3.38. The highest BCUT2D eigenvalue weighted by atomic mass is 35.5. The van der Waals surface area contributed by atoms with E-state index in [0.29, 0.717) is 22.3 Å². The molecule has 0 spiro atoms. The standard InChI is InChI=1S/C16H15Cl2N5O/c1-11-5-6-19-23(11)10-16(24)21-12-7-20-22(8-12)9-13-14(17)3-2-4-15(13)18/h2-8H,9-10H2,1H3,(H,21,24). The third kappa shape index (κ3) is 3.77. The minimum absolute atomic E-state index is 0.153. The first-order valence-corrected chi connectivity index (χ1v) is 8.02. The fourth-order valence-electron chi connectivity index (χ4n) is 2.26. The van der Waals surface area contributed by atoms with Crippen LogP contribution in [0.2, 0.25) is 10.0 Å². The molecule has 3 aromatic rings. The smallest absolute Gasteiger partial charge is 0.246 e. The molecule has 0 bridgehead atoms. The van der Waals surface area contributed by atoms with Crippen LogP contribution in [0.15, 0.2) is 42.9 Å². The van der Waals surface area contributed by atoms with E-state index in [0.717, 1.165) is 11.3 Å². The molecule has 1 N–H and O–H groups in total. The number of rotatable bonds is 5. The number of aryl methyl sites for hydroxylation is 1. The Bertz CT molecular complexity index is 851. The first-order chi connectivity index (χ1) is 11.5. The largest absolute Gasteiger partial charge is 0.322 e. The summed E-state index contributed by atoms with van der Waals surface area (Å²) in [7, 11) is 0. The zero-order valence-corrected chi connectivity index (χ0v) is 14.4. The van der Waals surface area contributed by atoms with Crippen molar-refractivity contribution in [2.75, 3.05) is 5.32 Å². The molecule has 0 saturated carbocycles. The van der Waals surface area contributed by atoms with Crippen LogP contribution in [0.25, 0.3) is 0 Å². The lowest BCUT2D eigenvalue weighted by Crippen LogP contribution is -2.19. The molecule has 2 heterocycles. The predicted molar refractivity (Wildman–Crippen MR) is 93.4 cm³/mol. The third-order valence-electron chi connectivity index (χ3n) is 3.52. The second-order valence-corrected chi connectivity index (χ2v) is 6.12. The maximum Gasteiger partial charge on any atom is 0.246 e. The van der Waals surface area contributed by atoms with E-state index in [2.05, 4.69) is 15.5 Å². The molecule has 124 valence electrons. The summed E-state index contributed by atoms with van der Waals surface area (Å²) in [6, 6.07) is 7.20. The topological polar surface area (TPSA) is 64.7 Å². The van der Waals surface area contributed by atoms with Gasteiger partial charge in [-0.2, -0.15) is 10.2 Å². The average Bonchev–Trinajstić information content (AvgIpc) is 3.13. The fraction of sp³-hybridized carbons (Fsp3) is 0.188. The number of nitrogens with one attached hydrogen (secondary N) is 1. The van der Waals surface area contributed by atoms with Gasteiger partial charge >= 0.3 is 0 Å². The number of anilines is 1. The van der Waals surface area contributed by atoms with Gasteiger partial charge in [-0.05, 0) is 25.1 Å². The molecule has 1 amide bonds. The van der Waals surface area contributed by atoms with Crippen molar-refractivity contribution in [2.24, 2.45) is 0 Å². The number of carbonyl (C=O) groups excluding carboxylic acids is 1. The number of hydrogen-bond acceptors (Lipinski definition) is 3. The molecule has 0 radical (unpaired) electrons. The molecule has 24 heavy (non-hydrogen) atoms. The van der Waals surface area contributed by atoms with Crippen LogP contribution in [-0.2, 0) is 17.9 Å². The van der Waals surface area contributed by atoms with Gasteiger partial charge in [0, 0.05) is 33.7 Å². The molecule has 0 aliphatic rings. The van der Waals surface area contributed by atoms with E-state index in [1.165, 1.54) is 0 Å². The highest BCUT2D eigenvalue weighted by molar-refractivity contribution is 6.35. The second kappa shape index (κ2) is 7.07. The lowest BCUT2D eigenvalue weighted by atomic mass is 10.2. The minimum Gasteiger partial charge on any atom is -0.322 e. The summed E-state index contributed by atoms with van der Waals surface area (Å²) in [6.07, 6.45) is 4.97. The number of amides is 1. The van der Waals surface area contributed by atoms with Crippen molar-refractivity contribution in [2.45, 2.75) is 20.0 Å². The Balaban J connectivity index is 1.65. The minimum atomic E-state index is -0.169. The summed E-state index contributed by atoms with van der Waals surface area (Å²) in [4.78, 5) is 12.1. The Morgan fingerprint density at radius 2 is 1.96 bits per heavy atom. The summed E-state index contributed by atoms with van der Waals surface area (Å²) < 4.78 is 3.30. The van der Waals surface area contributed by atoms with E-state index < -0.39 is 0 Å². The summed E-state index contributed by atoms with van der Waals surface area (Å²) in [5, 5.41) is 12.3. The van der Waals surface area contributed by atoms with E-state index in [9.17, 15) is 4.79 Å². The zero-order chi connectivity index (χ0) is 17.1. The molecule has 1 aromatic carbocycles. The monoisotopic (exact) mass is 363 g/mol. The van der Waals surface area contributed by atoms with Gasteiger partial charge < -0.3 is 5.32 Å². The molecule has 6 nitrogen and oxygen atoms in total. The van der Waals surface area contributed by atoms with Crippen molar-refractivity contribution in [3.63, 3.8) is 0 Å². The van der Waals surface area contributed by atoms with Gasteiger partial charge in [-0.15, -0.1) is 0 Å². The Hall–Kier alpha value is -2.31. The fourth-order valence-corrected chi connectivity index (χ4v) is 2.78.